The molecule has 0 atom stereocenters. The van der Waals surface area contributed by atoms with Crippen LogP contribution in [-0.2, 0) is 14.4 Å². The molecule has 4 N–H and O–H groups in total. The Morgan fingerprint density at radius 3 is 1.40 bits per heavy atom. The van der Waals surface area contributed by atoms with Gasteiger partial charge in [0.1, 0.15) is 0 Å². The Bertz CT molecular complexity index is 154. The van der Waals surface area contributed by atoms with Crippen molar-refractivity contribution in [3.8, 4) is 0 Å². The zero-order valence-electron chi connectivity index (χ0n) is 5.46. The molecule has 0 bridgehead atoms. The Kier molecular flexibility index (Phi) is 2.54. The molecule has 0 heterocycles. The van der Waals surface area contributed by atoms with E-state index in [4.69, 9.17) is 0 Å². The van der Waals surface area contributed by atoms with E-state index in [1.165, 1.54) is 0 Å². The fourth-order valence-corrected chi connectivity index (χ4v) is 0.541. The molecule has 0 aromatic carbocycles. The second kappa shape index (κ2) is 2.95. The van der Waals surface area contributed by atoms with Crippen LogP contribution >= 0.6 is 0 Å². The maximum Gasteiger partial charge on any atom is 0.237 e. The quantitative estimate of drug-likeness (QED) is 0.455. The van der Waals surface area contributed by atoms with Crippen molar-refractivity contribution in [2.75, 3.05) is 0 Å². The smallest absolute Gasteiger partial charge is 0.237 e. The molecule has 0 spiro atoms. The lowest BCUT2D eigenvalue weighted by atomic mass is 10.1. The van der Waals surface area contributed by atoms with Crippen molar-refractivity contribution in [2.45, 2.75) is 6.92 Å². The normalized spacial score (nSPS) is 9.40. The summed E-state index contributed by atoms with van der Waals surface area (Å²) in [6.07, 6.45) is 0. The van der Waals surface area contributed by atoms with E-state index in [-0.39, 0.29) is 0 Å². The number of carbonyl (C=O) groups excluding carboxylic acids is 3. The second-order valence-electron chi connectivity index (χ2n) is 1.85. The number of ketones is 1. The van der Waals surface area contributed by atoms with Crippen LogP contribution in [0.15, 0.2) is 0 Å². The van der Waals surface area contributed by atoms with Crippen molar-refractivity contribution < 1.29 is 14.4 Å². The van der Waals surface area contributed by atoms with Crippen LogP contribution in [0.3, 0.4) is 0 Å². The van der Waals surface area contributed by atoms with Crippen LogP contribution in [0.1, 0.15) is 6.92 Å². The molecular weight excluding hydrogens is 136 g/mol. The van der Waals surface area contributed by atoms with Gasteiger partial charge in [-0.1, -0.05) is 0 Å². The lowest BCUT2D eigenvalue weighted by molar-refractivity contribution is -0.138. The van der Waals surface area contributed by atoms with Crippen LogP contribution in [0.4, 0.5) is 0 Å². The molecule has 0 aliphatic rings. The fraction of sp³-hybridized carbons (Fsp3) is 0.400. The van der Waals surface area contributed by atoms with Gasteiger partial charge in [0, 0.05) is 0 Å². The molecule has 10 heavy (non-hydrogen) atoms. The van der Waals surface area contributed by atoms with Gasteiger partial charge in [-0.2, -0.15) is 0 Å². The summed E-state index contributed by atoms with van der Waals surface area (Å²) >= 11 is 0. The monoisotopic (exact) mass is 144 g/mol. The summed E-state index contributed by atoms with van der Waals surface area (Å²) in [6.45, 7) is 1.08. The van der Waals surface area contributed by atoms with Crippen LogP contribution < -0.4 is 11.5 Å². The number of hydrogen-bond donors (Lipinski definition) is 2. The first-order valence-corrected chi connectivity index (χ1v) is 2.56. The van der Waals surface area contributed by atoms with Crippen LogP contribution in [0.25, 0.3) is 0 Å². The van der Waals surface area contributed by atoms with Crippen molar-refractivity contribution >= 4 is 17.6 Å². The van der Waals surface area contributed by atoms with Crippen LogP contribution in [-0.4, -0.2) is 17.6 Å². The van der Waals surface area contributed by atoms with Crippen molar-refractivity contribution in [1.29, 1.82) is 0 Å². The number of amides is 2. The molecule has 56 valence electrons. The number of rotatable bonds is 3. The minimum Gasteiger partial charge on any atom is -0.369 e. The summed E-state index contributed by atoms with van der Waals surface area (Å²) < 4.78 is 0. The Balaban J connectivity index is 4.43. The van der Waals surface area contributed by atoms with E-state index in [0.717, 1.165) is 6.92 Å². The van der Waals surface area contributed by atoms with Gasteiger partial charge in [-0.3, -0.25) is 14.4 Å². The van der Waals surface area contributed by atoms with Gasteiger partial charge in [-0.05, 0) is 6.92 Å². The lowest BCUT2D eigenvalue weighted by Crippen LogP contribution is -2.39. The molecule has 0 fully saturated rings. The highest BCUT2D eigenvalue weighted by Gasteiger charge is 2.26. The molecule has 0 aromatic rings. The summed E-state index contributed by atoms with van der Waals surface area (Å²) in [6, 6.07) is 0. The van der Waals surface area contributed by atoms with E-state index in [9.17, 15) is 14.4 Å². The summed E-state index contributed by atoms with van der Waals surface area (Å²) in [7, 11) is 0. The van der Waals surface area contributed by atoms with Gasteiger partial charge < -0.3 is 11.5 Å². The van der Waals surface area contributed by atoms with Gasteiger partial charge in [0.15, 0.2) is 11.7 Å². The van der Waals surface area contributed by atoms with Gasteiger partial charge in [0.25, 0.3) is 0 Å². The third-order valence-corrected chi connectivity index (χ3v) is 0.976. The SMILES string of the molecule is CC(=O)C(C(N)=O)C(N)=O. The molecule has 5 heteroatoms. The van der Waals surface area contributed by atoms with E-state index >= 15 is 0 Å². The van der Waals surface area contributed by atoms with Gasteiger partial charge in [-0.25, -0.2) is 0 Å². The molecule has 0 aliphatic heterocycles. The van der Waals surface area contributed by atoms with Crippen molar-refractivity contribution in [1.82, 2.24) is 0 Å². The van der Waals surface area contributed by atoms with Crippen LogP contribution in [0, 0.1) is 5.92 Å². The molecule has 0 aromatic heterocycles. The number of nitrogens with two attached hydrogens (primary N) is 2. The number of hydrogen-bond acceptors (Lipinski definition) is 3. The Hall–Kier alpha value is -1.39. The Morgan fingerprint density at radius 1 is 1.10 bits per heavy atom. The van der Waals surface area contributed by atoms with E-state index in [0.29, 0.717) is 0 Å². The average molecular weight is 144 g/mol. The number of carbonyl (C=O) groups is 3. The van der Waals surface area contributed by atoms with E-state index < -0.39 is 23.5 Å². The van der Waals surface area contributed by atoms with Gasteiger partial charge in [-0.15, -0.1) is 0 Å². The van der Waals surface area contributed by atoms with Crippen molar-refractivity contribution in [3.63, 3.8) is 0 Å². The van der Waals surface area contributed by atoms with Crippen LogP contribution in [0.5, 0.6) is 0 Å². The van der Waals surface area contributed by atoms with Gasteiger partial charge in [0.2, 0.25) is 11.8 Å². The molecule has 0 rings (SSSR count). The van der Waals surface area contributed by atoms with Crippen LogP contribution in [0.2, 0.25) is 0 Å². The number of primary amides is 2. The maximum atomic E-state index is 10.4. The predicted molar refractivity (Wildman–Crippen MR) is 32.6 cm³/mol. The molecule has 0 aliphatic carbocycles. The largest absolute Gasteiger partial charge is 0.369 e. The summed E-state index contributed by atoms with van der Waals surface area (Å²) in [5.41, 5.74) is 9.36. The lowest BCUT2D eigenvalue weighted by Gasteiger charge is -2.02. The molecule has 0 unspecified atom stereocenters. The first-order valence-electron chi connectivity index (χ1n) is 2.56. The second-order valence-corrected chi connectivity index (χ2v) is 1.85. The molecule has 0 radical (unpaired) electrons. The van der Waals surface area contributed by atoms with E-state index in [1.807, 2.05) is 0 Å². The zero-order chi connectivity index (χ0) is 8.31. The number of Topliss-reactive ketones (excluding diaryl/α,β-unsaturated/α-hetero) is 1. The molecule has 2 amide bonds. The molecular formula is C5H8N2O3. The fourth-order valence-electron chi connectivity index (χ4n) is 0.541. The van der Waals surface area contributed by atoms with E-state index in [1.54, 1.807) is 0 Å². The first-order chi connectivity index (χ1) is 4.46. The highest BCUT2D eigenvalue weighted by atomic mass is 16.2. The minimum absolute atomic E-state index is 0.625. The Morgan fingerprint density at radius 2 is 1.40 bits per heavy atom. The third kappa shape index (κ3) is 1.85. The molecule has 5 nitrogen and oxygen atoms in total. The standard InChI is InChI=1S/C5H8N2O3/c1-2(8)3(4(6)9)5(7)10/h3H,1H3,(H2,6,9)(H2,7,10). The Labute approximate surface area is 57.4 Å². The minimum atomic E-state index is -1.47. The third-order valence-electron chi connectivity index (χ3n) is 0.976. The molecule has 0 saturated carbocycles. The van der Waals surface area contributed by atoms with Gasteiger partial charge in [0.05, 0.1) is 0 Å². The topological polar surface area (TPSA) is 103 Å². The highest BCUT2D eigenvalue weighted by molar-refractivity contribution is 6.16. The zero-order valence-corrected chi connectivity index (χ0v) is 5.46. The first kappa shape index (κ1) is 8.61. The maximum absolute atomic E-state index is 10.4. The van der Waals surface area contributed by atoms with Gasteiger partial charge >= 0.3 is 0 Å². The van der Waals surface area contributed by atoms with Crippen molar-refractivity contribution in [2.24, 2.45) is 17.4 Å². The van der Waals surface area contributed by atoms with Crippen molar-refractivity contribution in [3.05, 3.63) is 0 Å². The predicted octanol–water partition coefficient (Wildman–Crippen LogP) is -1.84. The molecule has 0 saturated heterocycles. The summed E-state index contributed by atoms with van der Waals surface area (Å²) in [4.78, 5) is 31.0. The highest BCUT2D eigenvalue weighted by Crippen LogP contribution is 1.94. The summed E-state index contributed by atoms with van der Waals surface area (Å²) in [5.74, 6) is -4.10. The average Bonchev–Trinajstić information content (AvgIpc) is 1.59. The van der Waals surface area contributed by atoms with E-state index in [2.05, 4.69) is 11.5 Å². The summed E-state index contributed by atoms with van der Waals surface area (Å²) in [5, 5.41) is 0.